The summed E-state index contributed by atoms with van der Waals surface area (Å²) in [5.41, 5.74) is -2.05. The molecule has 0 aromatic heterocycles. The van der Waals surface area contributed by atoms with E-state index >= 15 is 0 Å². The van der Waals surface area contributed by atoms with Crippen LogP contribution < -0.4 is 10.6 Å². The third kappa shape index (κ3) is 4.01. The Hall–Kier alpha value is -2.90. The highest BCUT2D eigenvalue weighted by atomic mass is 19.2. The van der Waals surface area contributed by atoms with Crippen LogP contribution in [-0.2, 0) is 16.1 Å². The summed E-state index contributed by atoms with van der Waals surface area (Å²) in [6.45, 7) is 2.37. The molecule has 0 saturated carbocycles. The van der Waals surface area contributed by atoms with Crippen LogP contribution >= 0.6 is 0 Å². The van der Waals surface area contributed by atoms with E-state index in [1.54, 1.807) is 6.07 Å². The summed E-state index contributed by atoms with van der Waals surface area (Å²) in [5, 5.41) is 4.47. The van der Waals surface area contributed by atoms with Crippen molar-refractivity contribution in [2.45, 2.75) is 20.4 Å². The van der Waals surface area contributed by atoms with Gasteiger partial charge in [-0.1, -0.05) is 18.2 Å². The summed E-state index contributed by atoms with van der Waals surface area (Å²) in [5.74, 6) is -6.90. The van der Waals surface area contributed by atoms with Crippen LogP contribution in [0.5, 0.6) is 0 Å². The van der Waals surface area contributed by atoms with Crippen LogP contribution in [0.15, 0.2) is 36.4 Å². The minimum atomic E-state index is -1.73. The normalized spacial score (nSPS) is 11.2. The minimum Gasteiger partial charge on any atom is -0.351 e. The Morgan fingerprint density at radius 2 is 1.54 bits per heavy atom. The van der Waals surface area contributed by atoms with Gasteiger partial charge in [0, 0.05) is 12.1 Å². The zero-order chi connectivity index (χ0) is 19.5. The van der Waals surface area contributed by atoms with E-state index in [2.05, 4.69) is 10.6 Å². The maximum absolute atomic E-state index is 13.7. The number of anilines is 1. The van der Waals surface area contributed by atoms with Crippen molar-refractivity contribution in [3.05, 3.63) is 65.2 Å². The Morgan fingerprint density at radius 3 is 2.19 bits per heavy atom. The first-order chi connectivity index (χ1) is 12.1. The first kappa shape index (κ1) is 19.4. The van der Waals surface area contributed by atoms with Crippen molar-refractivity contribution in [1.82, 2.24) is 5.32 Å². The third-order valence-electron chi connectivity index (χ3n) is 3.82. The van der Waals surface area contributed by atoms with E-state index in [-0.39, 0.29) is 12.1 Å². The summed E-state index contributed by atoms with van der Waals surface area (Å²) in [7, 11) is 0. The fourth-order valence-corrected chi connectivity index (χ4v) is 2.04. The molecule has 0 bridgehead atoms. The van der Waals surface area contributed by atoms with E-state index in [1.807, 2.05) is 0 Å². The average molecular weight is 368 g/mol. The van der Waals surface area contributed by atoms with Gasteiger partial charge >= 0.3 is 0 Å². The van der Waals surface area contributed by atoms with Gasteiger partial charge < -0.3 is 10.6 Å². The molecule has 2 amide bonds. The van der Waals surface area contributed by atoms with Crippen LogP contribution in [0.3, 0.4) is 0 Å². The molecule has 0 saturated heterocycles. The molecule has 0 atom stereocenters. The molecule has 138 valence electrons. The number of halogens is 4. The van der Waals surface area contributed by atoms with Gasteiger partial charge in [0.2, 0.25) is 11.8 Å². The third-order valence-corrected chi connectivity index (χ3v) is 3.82. The predicted octanol–water partition coefficient (Wildman–Crippen LogP) is 3.52. The summed E-state index contributed by atoms with van der Waals surface area (Å²) < 4.78 is 53.4. The molecule has 26 heavy (non-hydrogen) atoms. The molecule has 2 rings (SSSR count). The number of carbonyl (C=O) groups excluding carboxylic acids is 2. The second kappa shape index (κ2) is 7.55. The first-order valence-corrected chi connectivity index (χ1v) is 7.61. The molecule has 8 heteroatoms. The van der Waals surface area contributed by atoms with Crippen LogP contribution in [0.25, 0.3) is 0 Å². The molecule has 0 aliphatic rings. The topological polar surface area (TPSA) is 58.2 Å². The molecule has 0 aliphatic heterocycles. The SMILES string of the molecule is CC(C)(C(=O)NCc1ccccc1F)C(=O)Nc1ccc(F)c(F)c1F. The molecule has 4 nitrogen and oxygen atoms in total. The fraction of sp³-hybridized carbons (Fsp3) is 0.222. The lowest BCUT2D eigenvalue weighted by molar-refractivity contribution is -0.138. The van der Waals surface area contributed by atoms with Crippen molar-refractivity contribution >= 4 is 17.5 Å². The lowest BCUT2D eigenvalue weighted by Crippen LogP contribution is -2.45. The van der Waals surface area contributed by atoms with E-state index < -0.39 is 46.2 Å². The zero-order valence-corrected chi connectivity index (χ0v) is 14.0. The van der Waals surface area contributed by atoms with Crippen molar-refractivity contribution < 1.29 is 27.2 Å². The molecule has 2 aromatic rings. The van der Waals surface area contributed by atoms with Crippen molar-refractivity contribution in [1.29, 1.82) is 0 Å². The second-order valence-corrected chi connectivity index (χ2v) is 6.08. The molecule has 0 radical (unpaired) electrons. The van der Waals surface area contributed by atoms with Gasteiger partial charge in [-0.3, -0.25) is 9.59 Å². The van der Waals surface area contributed by atoms with Crippen molar-refractivity contribution in [2.24, 2.45) is 5.41 Å². The molecule has 2 N–H and O–H groups in total. The average Bonchev–Trinajstić information content (AvgIpc) is 2.61. The van der Waals surface area contributed by atoms with Gasteiger partial charge in [-0.05, 0) is 32.0 Å². The second-order valence-electron chi connectivity index (χ2n) is 6.08. The Balaban J connectivity index is 2.08. The summed E-state index contributed by atoms with van der Waals surface area (Å²) in [6, 6.07) is 7.28. The Kier molecular flexibility index (Phi) is 5.64. The van der Waals surface area contributed by atoms with Gasteiger partial charge in [-0.2, -0.15) is 0 Å². The standard InChI is InChI=1S/C18H16F4N2O2/c1-18(2,16(25)23-9-10-5-3-4-6-11(10)19)17(26)24-13-8-7-12(20)14(21)15(13)22/h3-8H,9H2,1-2H3,(H,23,25)(H,24,26). The Morgan fingerprint density at radius 1 is 0.885 bits per heavy atom. The van der Waals surface area contributed by atoms with Crippen LogP contribution in [0.1, 0.15) is 19.4 Å². The molecular weight excluding hydrogens is 352 g/mol. The highest BCUT2D eigenvalue weighted by Gasteiger charge is 2.36. The van der Waals surface area contributed by atoms with Crippen LogP contribution in [0.2, 0.25) is 0 Å². The molecule has 0 unspecified atom stereocenters. The van der Waals surface area contributed by atoms with E-state index in [4.69, 9.17) is 0 Å². The predicted molar refractivity (Wildman–Crippen MR) is 87.0 cm³/mol. The molecule has 2 aromatic carbocycles. The quantitative estimate of drug-likeness (QED) is 0.482. The van der Waals surface area contributed by atoms with Gasteiger partial charge in [-0.25, -0.2) is 17.6 Å². The zero-order valence-electron chi connectivity index (χ0n) is 14.0. The van der Waals surface area contributed by atoms with Crippen LogP contribution in [-0.4, -0.2) is 11.8 Å². The lowest BCUT2D eigenvalue weighted by Gasteiger charge is -2.23. The maximum Gasteiger partial charge on any atom is 0.239 e. The number of hydrogen-bond donors (Lipinski definition) is 2. The summed E-state index contributed by atoms with van der Waals surface area (Å²) in [4.78, 5) is 24.5. The van der Waals surface area contributed by atoms with E-state index in [9.17, 15) is 27.2 Å². The van der Waals surface area contributed by atoms with E-state index in [0.29, 0.717) is 6.07 Å². The minimum absolute atomic E-state index is 0.151. The number of amides is 2. The molecule has 0 heterocycles. The summed E-state index contributed by atoms with van der Waals surface area (Å²) in [6.07, 6.45) is 0. The van der Waals surface area contributed by atoms with Gasteiger partial charge in [0.15, 0.2) is 17.5 Å². The smallest absolute Gasteiger partial charge is 0.239 e. The fourth-order valence-electron chi connectivity index (χ4n) is 2.04. The number of benzene rings is 2. The molecule has 0 fully saturated rings. The first-order valence-electron chi connectivity index (χ1n) is 7.61. The lowest BCUT2D eigenvalue weighted by atomic mass is 9.90. The monoisotopic (exact) mass is 368 g/mol. The molecule has 0 aliphatic carbocycles. The van der Waals surface area contributed by atoms with E-state index in [1.165, 1.54) is 32.0 Å². The largest absolute Gasteiger partial charge is 0.351 e. The van der Waals surface area contributed by atoms with Crippen molar-refractivity contribution in [3.63, 3.8) is 0 Å². The van der Waals surface area contributed by atoms with Crippen LogP contribution in [0.4, 0.5) is 23.2 Å². The number of hydrogen-bond acceptors (Lipinski definition) is 2. The van der Waals surface area contributed by atoms with Crippen LogP contribution in [0, 0.1) is 28.7 Å². The highest BCUT2D eigenvalue weighted by Crippen LogP contribution is 2.23. The van der Waals surface area contributed by atoms with Gasteiger partial charge in [-0.15, -0.1) is 0 Å². The van der Waals surface area contributed by atoms with Gasteiger partial charge in [0.1, 0.15) is 11.2 Å². The van der Waals surface area contributed by atoms with Crippen molar-refractivity contribution in [2.75, 3.05) is 5.32 Å². The Bertz CT molecular complexity index is 853. The highest BCUT2D eigenvalue weighted by molar-refractivity contribution is 6.09. The number of rotatable bonds is 5. The van der Waals surface area contributed by atoms with Gasteiger partial charge in [0.05, 0.1) is 5.69 Å². The molecular formula is C18H16F4N2O2. The number of carbonyl (C=O) groups is 2. The van der Waals surface area contributed by atoms with Crippen molar-refractivity contribution in [3.8, 4) is 0 Å². The van der Waals surface area contributed by atoms with Gasteiger partial charge in [0.25, 0.3) is 0 Å². The molecule has 0 spiro atoms. The summed E-state index contributed by atoms with van der Waals surface area (Å²) >= 11 is 0. The maximum atomic E-state index is 13.7. The van der Waals surface area contributed by atoms with E-state index in [0.717, 1.165) is 6.07 Å². The Labute approximate surface area is 147 Å². The number of nitrogens with one attached hydrogen (secondary N) is 2.